The van der Waals surface area contributed by atoms with E-state index in [9.17, 15) is 0 Å². The van der Waals surface area contributed by atoms with Gasteiger partial charge in [-0.2, -0.15) is 0 Å². The minimum atomic E-state index is 0.459. The average Bonchev–Trinajstić information content (AvgIpc) is 2.29. The van der Waals surface area contributed by atoms with Gasteiger partial charge in [0, 0.05) is 24.0 Å². The van der Waals surface area contributed by atoms with Gasteiger partial charge in [0.25, 0.3) is 0 Å². The third-order valence-electron chi connectivity index (χ3n) is 4.11. The van der Waals surface area contributed by atoms with E-state index in [1.54, 1.807) is 0 Å². The van der Waals surface area contributed by atoms with Crippen LogP contribution in [-0.4, -0.2) is 18.8 Å². The van der Waals surface area contributed by atoms with Crippen LogP contribution in [0.4, 0.5) is 0 Å². The van der Waals surface area contributed by atoms with Gasteiger partial charge in [0.1, 0.15) is 0 Å². The van der Waals surface area contributed by atoms with Crippen LogP contribution >= 0.6 is 0 Å². The van der Waals surface area contributed by atoms with Crippen LogP contribution < -0.4 is 5.73 Å². The highest BCUT2D eigenvalue weighted by atomic mass is 16.5. The summed E-state index contributed by atoms with van der Waals surface area (Å²) in [5.74, 6) is 0.718. The molecule has 0 unspecified atom stereocenters. The van der Waals surface area contributed by atoms with Gasteiger partial charge in [-0.3, -0.25) is 0 Å². The van der Waals surface area contributed by atoms with Crippen molar-refractivity contribution in [2.75, 3.05) is 6.61 Å². The largest absolute Gasteiger partial charge is 0.377 e. The van der Waals surface area contributed by atoms with Crippen molar-refractivity contribution in [2.24, 2.45) is 17.1 Å². The molecule has 0 bridgehead atoms. The summed E-state index contributed by atoms with van der Waals surface area (Å²) in [4.78, 5) is 0. The second kappa shape index (κ2) is 1.80. The summed E-state index contributed by atoms with van der Waals surface area (Å²) in [5, 5.41) is 0. The Morgan fingerprint density at radius 3 is 2.82 bits per heavy atom. The zero-order valence-electron chi connectivity index (χ0n) is 6.75. The maximum Gasteiger partial charge on any atom is 0.0690 e. The van der Waals surface area contributed by atoms with Crippen LogP contribution in [-0.2, 0) is 4.74 Å². The molecule has 3 aliphatic rings. The van der Waals surface area contributed by atoms with Gasteiger partial charge in [0.2, 0.25) is 0 Å². The van der Waals surface area contributed by atoms with Gasteiger partial charge in [-0.1, -0.05) is 6.42 Å². The molecule has 1 aliphatic heterocycles. The second-order valence-electron chi connectivity index (χ2n) is 4.36. The van der Waals surface area contributed by atoms with Crippen LogP contribution in [0.3, 0.4) is 0 Å². The minimum Gasteiger partial charge on any atom is -0.377 e. The molecule has 1 spiro atoms. The minimum absolute atomic E-state index is 0.459. The quantitative estimate of drug-likeness (QED) is 0.561. The number of nitrogens with two attached hydrogens (primary N) is 1. The first kappa shape index (κ1) is 6.44. The summed E-state index contributed by atoms with van der Waals surface area (Å²) in [5.41, 5.74) is 6.58. The topological polar surface area (TPSA) is 35.2 Å². The van der Waals surface area contributed by atoms with Crippen molar-refractivity contribution in [1.29, 1.82) is 0 Å². The normalized spacial score (nSPS) is 51.5. The Morgan fingerprint density at radius 2 is 2.18 bits per heavy atom. The number of fused-ring (bicyclic) bond motifs is 2. The van der Waals surface area contributed by atoms with Crippen molar-refractivity contribution in [3.63, 3.8) is 0 Å². The molecule has 3 fully saturated rings. The van der Waals surface area contributed by atoms with E-state index in [1.165, 1.54) is 25.7 Å². The number of hydrogen-bond acceptors (Lipinski definition) is 2. The molecule has 1 heterocycles. The monoisotopic (exact) mass is 153 g/mol. The van der Waals surface area contributed by atoms with E-state index >= 15 is 0 Å². The Morgan fingerprint density at radius 1 is 1.36 bits per heavy atom. The summed E-state index contributed by atoms with van der Waals surface area (Å²) in [6.45, 7) is 0.963. The lowest BCUT2D eigenvalue weighted by Gasteiger charge is -2.62. The lowest BCUT2D eigenvalue weighted by atomic mass is 9.47. The molecule has 2 N–H and O–H groups in total. The molecule has 0 amide bonds. The number of ether oxygens (including phenoxy) is 1. The van der Waals surface area contributed by atoms with Gasteiger partial charge in [-0.15, -0.1) is 0 Å². The predicted octanol–water partition coefficient (Wildman–Crippen LogP) is 0.903. The Balaban J connectivity index is 1.86. The highest BCUT2D eigenvalue weighted by molar-refractivity contribution is 5.17. The number of rotatable bonds is 0. The molecule has 2 aliphatic carbocycles. The highest BCUT2D eigenvalue weighted by Crippen LogP contribution is 2.61. The van der Waals surface area contributed by atoms with Gasteiger partial charge >= 0.3 is 0 Å². The number of hydrogen-bond donors (Lipinski definition) is 1. The maximum atomic E-state index is 6.12. The van der Waals surface area contributed by atoms with Crippen LogP contribution in [0.5, 0.6) is 0 Å². The lowest BCUT2D eigenvalue weighted by Crippen LogP contribution is -2.69. The van der Waals surface area contributed by atoms with Gasteiger partial charge in [0.05, 0.1) is 6.10 Å². The molecule has 11 heavy (non-hydrogen) atoms. The third kappa shape index (κ3) is 0.541. The SMILES string of the molecule is N[C@@H]1[C@H]2CCO[C@@H]2C12CCC2. The Kier molecular flexibility index (Phi) is 1.06. The summed E-state index contributed by atoms with van der Waals surface area (Å²) >= 11 is 0. The van der Waals surface area contributed by atoms with Gasteiger partial charge in [-0.05, 0) is 19.3 Å². The van der Waals surface area contributed by atoms with E-state index in [0.717, 1.165) is 12.5 Å². The molecule has 1 saturated heterocycles. The smallest absolute Gasteiger partial charge is 0.0690 e. The van der Waals surface area contributed by atoms with E-state index in [-0.39, 0.29) is 0 Å². The summed E-state index contributed by atoms with van der Waals surface area (Å²) < 4.78 is 5.70. The zero-order chi connectivity index (χ0) is 7.47. The highest BCUT2D eigenvalue weighted by Gasteiger charge is 2.65. The molecule has 3 rings (SSSR count). The van der Waals surface area contributed by atoms with Crippen molar-refractivity contribution in [1.82, 2.24) is 0 Å². The molecular weight excluding hydrogens is 138 g/mol. The summed E-state index contributed by atoms with van der Waals surface area (Å²) in [6.07, 6.45) is 5.81. The maximum absolute atomic E-state index is 6.12. The van der Waals surface area contributed by atoms with Gasteiger partial charge in [-0.25, -0.2) is 0 Å². The van der Waals surface area contributed by atoms with E-state index in [0.29, 0.717) is 17.6 Å². The molecule has 3 atom stereocenters. The Labute approximate surface area is 67.1 Å². The zero-order valence-corrected chi connectivity index (χ0v) is 6.75. The average molecular weight is 153 g/mol. The van der Waals surface area contributed by atoms with Crippen LogP contribution in [0.15, 0.2) is 0 Å². The molecule has 2 saturated carbocycles. The van der Waals surface area contributed by atoms with E-state index in [2.05, 4.69) is 0 Å². The van der Waals surface area contributed by atoms with E-state index in [1.807, 2.05) is 0 Å². The van der Waals surface area contributed by atoms with E-state index in [4.69, 9.17) is 10.5 Å². The van der Waals surface area contributed by atoms with Crippen LogP contribution in [0, 0.1) is 11.3 Å². The molecule has 0 aromatic heterocycles. The van der Waals surface area contributed by atoms with Gasteiger partial charge < -0.3 is 10.5 Å². The standard InChI is InChI=1S/C9H15NO/c10-7-6-2-5-11-8(6)9(7)3-1-4-9/h6-8H,1-5,10H2/t6-,7-,8+/m1/s1. The van der Waals surface area contributed by atoms with Gasteiger partial charge in [0.15, 0.2) is 0 Å². The van der Waals surface area contributed by atoms with E-state index < -0.39 is 0 Å². The van der Waals surface area contributed by atoms with Crippen molar-refractivity contribution in [2.45, 2.75) is 37.8 Å². The first-order valence-corrected chi connectivity index (χ1v) is 4.72. The molecule has 2 heteroatoms. The second-order valence-corrected chi connectivity index (χ2v) is 4.36. The Hall–Kier alpha value is -0.0800. The Bertz CT molecular complexity index is 188. The van der Waals surface area contributed by atoms with Crippen LogP contribution in [0.1, 0.15) is 25.7 Å². The fourth-order valence-electron chi connectivity index (χ4n) is 3.27. The third-order valence-corrected chi connectivity index (χ3v) is 4.11. The molecule has 2 nitrogen and oxygen atoms in total. The first-order valence-electron chi connectivity index (χ1n) is 4.72. The molecule has 0 aromatic carbocycles. The summed E-state index contributed by atoms with van der Waals surface area (Å²) in [7, 11) is 0. The molecule has 62 valence electrons. The molecule has 0 radical (unpaired) electrons. The lowest BCUT2D eigenvalue weighted by molar-refractivity contribution is -0.164. The van der Waals surface area contributed by atoms with Crippen molar-refractivity contribution < 1.29 is 4.74 Å². The van der Waals surface area contributed by atoms with Crippen LogP contribution in [0.25, 0.3) is 0 Å². The fraction of sp³-hybridized carbons (Fsp3) is 1.00. The predicted molar refractivity (Wildman–Crippen MR) is 42.1 cm³/mol. The van der Waals surface area contributed by atoms with Crippen LogP contribution in [0.2, 0.25) is 0 Å². The molecular formula is C9H15NO. The molecule has 0 aromatic rings. The fourth-order valence-corrected chi connectivity index (χ4v) is 3.27. The van der Waals surface area contributed by atoms with Crippen molar-refractivity contribution in [3.05, 3.63) is 0 Å². The van der Waals surface area contributed by atoms with Crippen molar-refractivity contribution in [3.8, 4) is 0 Å². The first-order chi connectivity index (χ1) is 5.34. The van der Waals surface area contributed by atoms with Crippen molar-refractivity contribution >= 4 is 0 Å². The summed E-state index contributed by atoms with van der Waals surface area (Å²) in [6, 6.07) is 0.476.